The largest absolute Gasteiger partial charge is 0.373 e. The van der Waals surface area contributed by atoms with Crippen molar-refractivity contribution in [2.24, 2.45) is 0 Å². The third-order valence-corrected chi connectivity index (χ3v) is 4.19. The molecule has 0 aliphatic carbocycles. The van der Waals surface area contributed by atoms with Crippen LogP contribution in [-0.4, -0.2) is 22.0 Å². The Morgan fingerprint density at radius 3 is 2.58 bits per heavy atom. The van der Waals surface area contributed by atoms with Crippen LogP contribution in [0.25, 0.3) is 33.4 Å². The molecule has 5 nitrogen and oxygen atoms in total. The van der Waals surface area contributed by atoms with Gasteiger partial charge in [0, 0.05) is 36.0 Å². The van der Waals surface area contributed by atoms with Gasteiger partial charge in [0.05, 0.1) is 17.1 Å². The fourth-order valence-electron chi connectivity index (χ4n) is 2.96. The van der Waals surface area contributed by atoms with Crippen molar-refractivity contribution < 1.29 is 0 Å². The highest BCUT2D eigenvalue weighted by molar-refractivity contribution is 6.00. The average molecular weight is 337 g/mol. The van der Waals surface area contributed by atoms with Crippen LogP contribution < -0.4 is 5.32 Å². The minimum atomic E-state index is 0.610. The third kappa shape index (κ3) is 2.74. The molecule has 0 aliphatic heterocycles. The zero-order valence-electron chi connectivity index (χ0n) is 14.1. The summed E-state index contributed by atoms with van der Waals surface area (Å²) >= 11 is 0. The highest BCUT2D eigenvalue weighted by Gasteiger charge is 2.13. The molecule has 26 heavy (non-hydrogen) atoms. The van der Waals surface area contributed by atoms with E-state index in [2.05, 4.69) is 21.4 Å². The first-order chi connectivity index (χ1) is 12.8. The monoisotopic (exact) mass is 337 g/mol. The summed E-state index contributed by atoms with van der Waals surface area (Å²) in [7, 11) is 1.85. The molecule has 124 valence electrons. The van der Waals surface area contributed by atoms with Crippen LogP contribution >= 0.6 is 0 Å². The number of nitrogens with zero attached hydrogens (tertiary/aromatic N) is 4. The third-order valence-electron chi connectivity index (χ3n) is 4.19. The van der Waals surface area contributed by atoms with E-state index in [0.29, 0.717) is 11.4 Å². The summed E-state index contributed by atoms with van der Waals surface area (Å²) in [6.07, 6.45) is 3.47. The van der Waals surface area contributed by atoms with Gasteiger partial charge in [-0.1, -0.05) is 24.3 Å². The van der Waals surface area contributed by atoms with Gasteiger partial charge in [0.1, 0.15) is 5.82 Å². The maximum absolute atomic E-state index is 9.20. The zero-order valence-corrected chi connectivity index (χ0v) is 14.1. The fraction of sp³-hybridized carbons (Fsp3) is 0.0476. The van der Waals surface area contributed by atoms with Crippen LogP contribution in [0.5, 0.6) is 0 Å². The van der Waals surface area contributed by atoms with Crippen LogP contribution in [0.1, 0.15) is 5.56 Å². The Morgan fingerprint density at radius 1 is 0.962 bits per heavy atom. The number of rotatable bonds is 3. The van der Waals surface area contributed by atoms with Crippen molar-refractivity contribution >= 4 is 16.7 Å². The summed E-state index contributed by atoms with van der Waals surface area (Å²) in [4.78, 5) is 13.6. The van der Waals surface area contributed by atoms with E-state index >= 15 is 0 Å². The van der Waals surface area contributed by atoms with Crippen LogP contribution in [0.2, 0.25) is 0 Å². The summed E-state index contributed by atoms with van der Waals surface area (Å²) < 4.78 is 0. The Kier molecular flexibility index (Phi) is 4.00. The lowest BCUT2D eigenvalue weighted by Gasteiger charge is -2.12. The van der Waals surface area contributed by atoms with Crippen molar-refractivity contribution in [1.82, 2.24) is 15.0 Å². The van der Waals surface area contributed by atoms with Crippen LogP contribution in [-0.2, 0) is 0 Å². The molecule has 5 heteroatoms. The number of pyridine rings is 1. The zero-order chi connectivity index (χ0) is 17.9. The van der Waals surface area contributed by atoms with Gasteiger partial charge in [-0.2, -0.15) is 5.26 Å². The van der Waals surface area contributed by atoms with Gasteiger partial charge in [0.2, 0.25) is 0 Å². The summed E-state index contributed by atoms with van der Waals surface area (Å²) in [5, 5.41) is 13.3. The average Bonchev–Trinajstić information content (AvgIpc) is 2.73. The lowest BCUT2D eigenvalue weighted by Crippen LogP contribution is -2.00. The van der Waals surface area contributed by atoms with Crippen LogP contribution in [0, 0.1) is 11.3 Å². The molecular weight excluding hydrogens is 322 g/mol. The molecule has 2 aromatic carbocycles. The van der Waals surface area contributed by atoms with Crippen molar-refractivity contribution in [3.05, 3.63) is 72.6 Å². The van der Waals surface area contributed by atoms with Gasteiger partial charge in [-0.05, 0) is 35.9 Å². The second-order valence-electron chi connectivity index (χ2n) is 5.78. The Hall–Kier alpha value is -3.78. The van der Waals surface area contributed by atoms with Gasteiger partial charge in [-0.25, -0.2) is 9.97 Å². The maximum Gasteiger partial charge on any atom is 0.163 e. The molecule has 0 atom stereocenters. The van der Waals surface area contributed by atoms with E-state index in [1.807, 2.05) is 55.6 Å². The fourth-order valence-corrected chi connectivity index (χ4v) is 2.96. The SMILES string of the molecule is CNc1nc(-c2cccnc2)nc2c(-c3cccc(C#N)c3)cccc12. The number of hydrogen-bond donors (Lipinski definition) is 1. The quantitative estimate of drug-likeness (QED) is 0.604. The van der Waals surface area contributed by atoms with Gasteiger partial charge >= 0.3 is 0 Å². The van der Waals surface area contributed by atoms with Crippen LogP contribution in [0.4, 0.5) is 5.82 Å². The van der Waals surface area contributed by atoms with Crippen molar-refractivity contribution in [2.45, 2.75) is 0 Å². The number of fused-ring (bicyclic) bond motifs is 1. The minimum Gasteiger partial charge on any atom is -0.373 e. The van der Waals surface area contributed by atoms with Gasteiger partial charge in [0.25, 0.3) is 0 Å². The summed E-state index contributed by atoms with van der Waals surface area (Å²) in [5.74, 6) is 1.37. The lowest BCUT2D eigenvalue weighted by molar-refractivity contribution is 1.20. The number of benzene rings is 2. The van der Waals surface area contributed by atoms with E-state index in [4.69, 9.17) is 4.98 Å². The molecule has 4 rings (SSSR count). The molecule has 1 N–H and O–H groups in total. The molecule has 0 saturated carbocycles. The predicted molar refractivity (Wildman–Crippen MR) is 102 cm³/mol. The molecule has 2 heterocycles. The number of nitriles is 1. The first kappa shape index (κ1) is 15.7. The highest BCUT2D eigenvalue weighted by Crippen LogP contribution is 2.32. The molecule has 0 fully saturated rings. The van der Waals surface area contributed by atoms with Crippen molar-refractivity contribution in [2.75, 3.05) is 12.4 Å². The van der Waals surface area contributed by atoms with Crippen LogP contribution in [0.15, 0.2) is 67.0 Å². The maximum atomic E-state index is 9.20. The Bertz CT molecular complexity index is 1130. The number of para-hydroxylation sites is 1. The smallest absolute Gasteiger partial charge is 0.163 e. The molecular formula is C21H15N5. The summed E-state index contributed by atoms with van der Waals surface area (Å²) in [5.41, 5.74) is 4.22. The summed E-state index contributed by atoms with van der Waals surface area (Å²) in [6.45, 7) is 0. The van der Waals surface area contributed by atoms with Crippen molar-refractivity contribution in [1.29, 1.82) is 5.26 Å². The molecule has 0 saturated heterocycles. The van der Waals surface area contributed by atoms with Gasteiger partial charge in [-0.3, -0.25) is 4.98 Å². The first-order valence-corrected chi connectivity index (χ1v) is 8.19. The second kappa shape index (κ2) is 6.61. The van der Waals surface area contributed by atoms with Crippen molar-refractivity contribution in [3.8, 4) is 28.6 Å². The van der Waals surface area contributed by atoms with Gasteiger partial charge < -0.3 is 5.32 Å². The topological polar surface area (TPSA) is 74.5 Å². The van der Waals surface area contributed by atoms with E-state index in [-0.39, 0.29) is 0 Å². The molecule has 0 aliphatic rings. The first-order valence-electron chi connectivity index (χ1n) is 8.19. The molecule has 0 amide bonds. The Labute approximate surface area is 151 Å². The number of anilines is 1. The molecule has 0 radical (unpaired) electrons. The van der Waals surface area contributed by atoms with E-state index in [9.17, 15) is 5.26 Å². The molecule has 0 unspecified atom stereocenters. The number of hydrogen-bond acceptors (Lipinski definition) is 5. The summed E-state index contributed by atoms with van der Waals surface area (Å²) in [6, 6.07) is 19.5. The highest BCUT2D eigenvalue weighted by atomic mass is 15.0. The van der Waals surface area contributed by atoms with E-state index in [0.717, 1.165) is 33.4 Å². The Morgan fingerprint density at radius 2 is 1.81 bits per heavy atom. The second-order valence-corrected chi connectivity index (χ2v) is 5.78. The van der Waals surface area contributed by atoms with Gasteiger partial charge in [-0.15, -0.1) is 0 Å². The molecule has 0 bridgehead atoms. The normalized spacial score (nSPS) is 10.5. The molecule has 0 spiro atoms. The number of aromatic nitrogens is 3. The van der Waals surface area contributed by atoms with Crippen LogP contribution in [0.3, 0.4) is 0 Å². The standard InChI is InChI=1S/C21H15N5/c1-23-21-18-9-3-8-17(15-6-2-5-14(11-15)12-22)19(18)25-20(26-21)16-7-4-10-24-13-16/h2-11,13H,1H3,(H,23,25,26). The lowest BCUT2D eigenvalue weighted by atomic mass is 10.0. The number of nitrogens with one attached hydrogen (secondary N) is 1. The molecule has 2 aromatic heterocycles. The predicted octanol–water partition coefficient (Wildman–Crippen LogP) is 4.27. The van der Waals surface area contributed by atoms with E-state index in [1.165, 1.54) is 0 Å². The minimum absolute atomic E-state index is 0.610. The van der Waals surface area contributed by atoms with E-state index < -0.39 is 0 Å². The Balaban J connectivity index is 2.01. The van der Waals surface area contributed by atoms with E-state index in [1.54, 1.807) is 18.5 Å². The van der Waals surface area contributed by atoms with Gasteiger partial charge in [0.15, 0.2) is 5.82 Å². The van der Waals surface area contributed by atoms with Crippen molar-refractivity contribution in [3.63, 3.8) is 0 Å². The molecule has 4 aromatic rings.